The number of benzene rings is 2. The van der Waals surface area contributed by atoms with E-state index in [2.05, 4.69) is 64.2 Å². The van der Waals surface area contributed by atoms with Gasteiger partial charge in [-0.3, -0.25) is 4.79 Å². The summed E-state index contributed by atoms with van der Waals surface area (Å²) in [5.41, 5.74) is 5.70. The summed E-state index contributed by atoms with van der Waals surface area (Å²) >= 11 is 0. The first-order chi connectivity index (χ1) is 14.7. The Labute approximate surface area is 189 Å². The fourth-order valence-electron chi connectivity index (χ4n) is 3.93. The Balaban J connectivity index is 2.17. The average Bonchev–Trinajstić information content (AvgIpc) is 2.73. The van der Waals surface area contributed by atoms with E-state index in [4.69, 9.17) is 4.74 Å². The van der Waals surface area contributed by atoms with Gasteiger partial charge in [-0.15, -0.1) is 0 Å². The Kier molecular flexibility index (Phi) is 9.15. The van der Waals surface area contributed by atoms with Crippen LogP contribution in [0.4, 0.5) is 5.69 Å². The number of nitrogens with one attached hydrogen (secondary N) is 1. The van der Waals surface area contributed by atoms with E-state index in [1.807, 2.05) is 26.0 Å². The van der Waals surface area contributed by atoms with Crippen molar-refractivity contribution in [3.63, 3.8) is 0 Å². The van der Waals surface area contributed by atoms with Gasteiger partial charge in [0.2, 0.25) is 0 Å². The fraction of sp³-hybridized carbons (Fsp3) is 0.536. The number of amides is 1. The SMILES string of the molecule is CCCCCCC(Oc1ccc(C(C)(C)CC)cc1)C(=O)Nc1c(C)cc(C)cc1C. The number of rotatable bonds is 11. The average molecular weight is 424 g/mol. The van der Waals surface area contributed by atoms with E-state index in [9.17, 15) is 4.79 Å². The van der Waals surface area contributed by atoms with Crippen LogP contribution in [0.15, 0.2) is 36.4 Å². The Bertz CT molecular complexity index is 829. The predicted molar refractivity (Wildman–Crippen MR) is 132 cm³/mol. The van der Waals surface area contributed by atoms with Gasteiger partial charge in [0.1, 0.15) is 5.75 Å². The fourth-order valence-corrected chi connectivity index (χ4v) is 3.93. The third kappa shape index (κ3) is 7.12. The number of hydrogen-bond acceptors (Lipinski definition) is 2. The van der Waals surface area contributed by atoms with Crippen molar-refractivity contribution >= 4 is 11.6 Å². The Morgan fingerprint density at radius 3 is 2.13 bits per heavy atom. The molecule has 1 N–H and O–H groups in total. The zero-order chi connectivity index (χ0) is 23.0. The number of carbonyl (C=O) groups excluding carboxylic acids is 1. The van der Waals surface area contributed by atoms with E-state index in [-0.39, 0.29) is 11.3 Å². The molecule has 0 fully saturated rings. The highest BCUT2D eigenvalue weighted by molar-refractivity contribution is 5.95. The Morgan fingerprint density at radius 2 is 1.58 bits per heavy atom. The van der Waals surface area contributed by atoms with Gasteiger partial charge < -0.3 is 10.1 Å². The molecular weight excluding hydrogens is 382 g/mol. The van der Waals surface area contributed by atoms with Crippen molar-refractivity contribution in [2.24, 2.45) is 0 Å². The van der Waals surface area contributed by atoms with Crippen LogP contribution in [0.2, 0.25) is 0 Å². The summed E-state index contributed by atoms with van der Waals surface area (Å²) in [7, 11) is 0. The van der Waals surface area contributed by atoms with Gasteiger partial charge in [-0.25, -0.2) is 0 Å². The first kappa shape index (κ1) is 25.0. The summed E-state index contributed by atoms with van der Waals surface area (Å²) in [5.74, 6) is 0.688. The van der Waals surface area contributed by atoms with Crippen molar-refractivity contribution in [3.05, 3.63) is 58.7 Å². The molecule has 1 atom stereocenters. The molecule has 3 heteroatoms. The normalized spacial score (nSPS) is 12.5. The first-order valence-electron chi connectivity index (χ1n) is 11.8. The summed E-state index contributed by atoms with van der Waals surface area (Å²) in [6.07, 6.45) is 5.76. The molecule has 1 unspecified atom stereocenters. The highest BCUT2D eigenvalue weighted by atomic mass is 16.5. The largest absolute Gasteiger partial charge is 0.481 e. The van der Waals surface area contributed by atoms with Gasteiger partial charge in [0, 0.05) is 5.69 Å². The number of anilines is 1. The van der Waals surface area contributed by atoms with Crippen molar-refractivity contribution < 1.29 is 9.53 Å². The number of hydrogen-bond donors (Lipinski definition) is 1. The summed E-state index contributed by atoms with van der Waals surface area (Å²) in [5, 5.41) is 3.15. The predicted octanol–water partition coefficient (Wildman–Crippen LogP) is 7.66. The van der Waals surface area contributed by atoms with Gasteiger partial charge in [0.05, 0.1) is 0 Å². The molecule has 0 aliphatic heterocycles. The van der Waals surface area contributed by atoms with Gasteiger partial charge >= 0.3 is 0 Å². The van der Waals surface area contributed by atoms with E-state index >= 15 is 0 Å². The molecule has 2 aromatic carbocycles. The molecule has 31 heavy (non-hydrogen) atoms. The van der Waals surface area contributed by atoms with Gasteiger partial charge in [-0.05, 0) is 74.3 Å². The zero-order valence-electron chi connectivity index (χ0n) is 20.6. The van der Waals surface area contributed by atoms with E-state index in [0.717, 1.165) is 48.2 Å². The minimum atomic E-state index is -0.498. The molecule has 0 saturated carbocycles. The maximum absolute atomic E-state index is 13.2. The molecule has 0 heterocycles. The van der Waals surface area contributed by atoms with E-state index in [0.29, 0.717) is 0 Å². The maximum atomic E-state index is 13.2. The van der Waals surface area contributed by atoms with Crippen LogP contribution in [0.3, 0.4) is 0 Å². The lowest BCUT2D eigenvalue weighted by Crippen LogP contribution is -2.33. The van der Waals surface area contributed by atoms with Gasteiger partial charge in [0.25, 0.3) is 5.91 Å². The number of unbranched alkanes of at least 4 members (excludes halogenated alkanes) is 3. The lowest BCUT2D eigenvalue weighted by Gasteiger charge is -2.24. The Hall–Kier alpha value is -2.29. The zero-order valence-corrected chi connectivity index (χ0v) is 20.6. The molecular formula is C28H41NO2. The van der Waals surface area contributed by atoms with Crippen LogP contribution in [0.1, 0.15) is 88.5 Å². The van der Waals surface area contributed by atoms with Crippen molar-refractivity contribution in [3.8, 4) is 5.75 Å². The van der Waals surface area contributed by atoms with Gasteiger partial charge in [-0.2, -0.15) is 0 Å². The quantitative estimate of drug-likeness (QED) is 0.377. The molecule has 0 spiro atoms. The van der Waals surface area contributed by atoms with Crippen LogP contribution in [-0.2, 0) is 10.2 Å². The number of ether oxygens (including phenoxy) is 1. The van der Waals surface area contributed by atoms with Crippen molar-refractivity contribution in [2.75, 3.05) is 5.32 Å². The molecule has 0 aromatic heterocycles. The topological polar surface area (TPSA) is 38.3 Å². The lowest BCUT2D eigenvalue weighted by atomic mass is 9.82. The summed E-state index contributed by atoms with van der Waals surface area (Å²) in [6.45, 7) is 15.1. The standard InChI is InChI=1S/C28H41NO2/c1-8-10-11-12-13-25(27(30)29-26-21(4)18-20(3)19-22(26)5)31-24-16-14-23(15-17-24)28(6,7)9-2/h14-19,25H,8-13H2,1-7H3,(H,29,30). The monoisotopic (exact) mass is 423 g/mol. The van der Waals surface area contributed by atoms with Crippen molar-refractivity contribution in [1.82, 2.24) is 0 Å². The van der Waals surface area contributed by atoms with Crippen LogP contribution in [0, 0.1) is 20.8 Å². The van der Waals surface area contributed by atoms with Gasteiger partial charge in [-0.1, -0.05) is 76.8 Å². The highest BCUT2D eigenvalue weighted by Crippen LogP contribution is 2.29. The molecule has 1 amide bonds. The maximum Gasteiger partial charge on any atom is 0.265 e. The molecule has 170 valence electrons. The van der Waals surface area contributed by atoms with Gasteiger partial charge in [0.15, 0.2) is 6.10 Å². The van der Waals surface area contributed by atoms with E-state index < -0.39 is 6.10 Å². The molecule has 3 nitrogen and oxygen atoms in total. The number of aryl methyl sites for hydroxylation is 3. The molecule has 0 aliphatic rings. The summed E-state index contributed by atoms with van der Waals surface area (Å²) in [6, 6.07) is 12.5. The number of carbonyl (C=O) groups is 1. The lowest BCUT2D eigenvalue weighted by molar-refractivity contribution is -0.123. The second kappa shape index (κ2) is 11.4. The van der Waals surface area contributed by atoms with E-state index in [1.54, 1.807) is 0 Å². The van der Waals surface area contributed by atoms with Crippen molar-refractivity contribution in [1.29, 1.82) is 0 Å². The highest BCUT2D eigenvalue weighted by Gasteiger charge is 2.23. The third-order valence-corrected chi connectivity index (χ3v) is 6.34. The second-order valence-corrected chi connectivity index (χ2v) is 9.48. The molecule has 0 saturated heterocycles. The van der Waals surface area contributed by atoms with E-state index in [1.165, 1.54) is 24.0 Å². The first-order valence-corrected chi connectivity index (χ1v) is 11.8. The summed E-state index contributed by atoms with van der Waals surface area (Å²) < 4.78 is 6.22. The van der Waals surface area contributed by atoms with Crippen LogP contribution in [0.25, 0.3) is 0 Å². The molecule has 2 rings (SSSR count). The van der Waals surface area contributed by atoms with Crippen molar-refractivity contribution in [2.45, 2.75) is 98.5 Å². The minimum absolute atomic E-state index is 0.0653. The van der Waals surface area contributed by atoms with Crippen LogP contribution in [-0.4, -0.2) is 12.0 Å². The molecule has 0 aliphatic carbocycles. The van der Waals surface area contributed by atoms with Crippen LogP contribution in [0.5, 0.6) is 5.75 Å². The smallest absolute Gasteiger partial charge is 0.265 e. The van der Waals surface area contributed by atoms with Crippen LogP contribution < -0.4 is 10.1 Å². The summed E-state index contributed by atoms with van der Waals surface area (Å²) in [4.78, 5) is 13.2. The molecule has 2 aromatic rings. The molecule has 0 bridgehead atoms. The second-order valence-electron chi connectivity index (χ2n) is 9.48. The Morgan fingerprint density at radius 1 is 0.968 bits per heavy atom. The van der Waals surface area contributed by atoms with Crippen LogP contribution >= 0.6 is 0 Å². The third-order valence-electron chi connectivity index (χ3n) is 6.34. The molecule has 0 radical (unpaired) electrons. The minimum Gasteiger partial charge on any atom is -0.481 e.